The van der Waals surface area contributed by atoms with Gasteiger partial charge in [0.05, 0.1) is 10.9 Å². The number of carbonyl (C=O) groups is 1. The molecular formula is C23H23ClN2O3S. The van der Waals surface area contributed by atoms with Gasteiger partial charge in [-0.25, -0.2) is 8.42 Å². The lowest BCUT2D eigenvalue weighted by Gasteiger charge is -2.22. The summed E-state index contributed by atoms with van der Waals surface area (Å²) in [4.78, 5) is 13.1. The van der Waals surface area contributed by atoms with Crippen molar-refractivity contribution in [3.63, 3.8) is 0 Å². The molecule has 3 rings (SSSR count). The molecule has 0 aliphatic carbocycles. The Bertz CT molecular complexity index is 1070. The van der Waals surface area contributed by atoms with Gasteiger partial charge in [-0.3, -0.25) is 4.79 Å². The van der Waals surface area contributed by atoms with E-state index in [9.17, 15) is 13.2 Å². The Kier molecular flexibility index (Phi) is 7.26. The number of halogens is 1. The molecule has 0 aromatic heterocycles. The van der Waals surface area contributed by atoms with E-state index in [1.165, 1.54) is 24.3 Å². The summed E-state index contributed by atoms with van der Waals surface area (Å²) in [6, 6.07) is 23.4. The number of benzene rings is 3. The third kappa shape index (κ3) is 5.92. The molecule has 0 aliphatic rings. The minimum Gasteiger partial charge on any atom is -0.348 e. The maximum absolute atomic E-state index is 13.0. The molecule has 156 valence electrons. The number of amides is 1. The summed E-state index contributed by atoms with van der Waals surface area (Å²) < 4.78 is 28.3. The van der Waals surface area contributed by atoms with E-state index in [2.05, 4.69) is 10.0 Å². The van der Waals surface area contributed by atoms with Gasteiger partial charge in [0.15, 0.2) is 0 Å². The van der Waals surface area contributed by atoms with E-state index >= 15 is 0 Å². The van der Waals surface area contributed by atoms with Gasteiger partial charge in [-0.1, -0.05) is 72.3 Å². The minimum absolute atomic E-state index is 0.0499. The monoisotopic (exact) mass is 442 g/mol. The van der Waals surface area contributed by atoms with Crippen molar-refractivity contribution in [3.8, 4) is 0 Å². The molecule has 0 bridgehead atoms. The predicted molar refractivity (Wildman–Crippen MR) is 119 cm³/mol. The van der Waals surface area contributed by atoms with Gasteiger partial charge in [-0.2, -0.15) is 4.72 Å². The van der Waals surface area contributed by atoms with E-state index in [-0.39, 0.29) is 17.4 Å². The Morgan fingerprint density at radius 3 is 2.07 bits per heavy atom. The van der Waals surface area contributed by atoms with Crippen molar-refractivity contribution < 1.29 is 13.2 Å². The molecule has 3 aromatic rings. The summed E-state index contributed by atoms with van der Waals surface area (Å²) in [5.41, 5.74) is 1.79. The molecule has 2 N–H and O–H groups in total. The van der Waals surface area contributed by atoms with E-state index in [0.717, 1.165) is 11.1 Å². The highest BCUT2D eigenvalue weighted by molar-refractivity contribution is 7.89. The largest absolute Gasteiger partial charge is 0.348 e. The molecule has 0 saturated heterocycles. The Morgan fingerprint density at radius 1 is 0.900 bits per heavy atom. The SMILES string of the molecule is C[C@@H](NC(=O)[C@H](Cc1ccccc1)NS(=O)(=O)c1ccc(Cl)cc1)c1ccccc1. The maximum Gasteiger partial charge on any atom is 0.241 e. The molecule has 7 heteroatoms. The fourth-order valence-corrected chi connectivity index (χ4v) is 4.37. The van der Waals surface area contributed by atoms with Crippen LogP contribution >= 0.6 is 11.6 Å². The third-order valence-corrected chi connectivity index (χ3v) is 6.42. The van der Waals surface area contributed by atoms with Crippen LogP contribution < -0.4 is 10.0 Å². The zero-order valence-corrected chi connectivity index (χ0v) is 18.0. The first kappa shape index (κ1) is 22.0. The standard InChI is InChI=1S/C23H23ClN2O3S/c1-17(19-10-6-3-7-11-19)25-23(27)22(16-18-8-4-2-5-9-18)26-30(28,29)21-14-12-20(24)13-15-21/h2-15,17,22,26H,16H2,1H3,(H,25,27)/t17-,22+/m1/s1. The van der Waals surface area contributed by atoms with Crippen LogP contribution in [0.15, 0.2) is 89.8 Å². The van der Waals surface area contributed by atoms with Crippen LogP contribution in [0.4, 0.5) is 0 Å². The number of hydrogen-bond acceptors (Lipinski definition) is 3. The second-order valence-corrected chi connectivity index (χ2v) is 9.11. The quantitative estimate of drug-likeness (QED) is 0.551. The van der Waals surface area contributed by atoms with Crippen LogP contribution in [0.5, 0.6) is 0 Å². The Morgan fingerprint density at radius 2 is 1.47 bits per heavy atom. The Labute approximate surface area is 182 Å². The van der Waals surface area contributed by atoms with Crippen LogP contribution in [0.2, 0.25) is 5.02 Å². The van der Waals surface area contributed by atoms with Gasteiger partial charge >= 0.3 is 0 Å². The van der Waals surface area contributed by atoms with Crippen LogP contribution in [-0.2, 0) is 21.2 Å². The van der Waals surface area contributed by atoms with Gasteiger partial charge < -0.3 is 5.32 Å². The smallest absolute Gasteiger partial charge is 0.241 e. The van der Waals surface area contributed by atoms with Gasteiger partial charge in [0, 0.05) is 5.02 Å². The number of sulfonamides is 1. The molecule has 0 fully saturated rings. The summed E-state index contributed by atoms with van der Waals surface area (Å²) in [6.45, 7) is 1.86. The molecule has 2 atom stereocenters. The fraction of sp³-hybridized carbons (Fsp3) is 0.174. The average Bonchev–Trinajstić information content (AvgIpc) is 2.74. The van der Waals surface area contributed by atoms with Crippen molar-refractivity contribution in [2.24, 2.45) is 0 Å². The molecule has 0 radical (unpaired) electrons. The van der Waals surface area contributed by atoms with Gasteiger partial charge in [0.2, 0.25) is 15.9 Å². The topological polar surface area (TPSA) is 75.3 Å². The first-order chi connectivity index (χ1) is 14.3. The lowest BCUT2D eigenvalue weighted by molar-refractivity contribution is -0.123. The predicted octanol–water partition coefficient (Wildman–Crippen LogP) is 4.11. The van der Waals surface area contributed by atoms with Crippen molar-refractivity contribution in [2.75, 3.05) is 0 Å². The highest BCUT2D eigenvalue weighted by Gasteiger charge is 2.27. The van der Waals surface area contributed by atoms with E-state index in [1.54, 1.807) is 0 Å². The van der Waals surface area contributed by atoms with Crippen molar-refractivity contribution in [1.82, 2.24) is 10.0 Å². The molecule has 0 unspecified atom stereocenters. The number of carbonyl (C=O) groups excluding carboxylic acids is 1. The van der Waals surface area contributed by atoms with Gasteiger partial charge in [-0.15, -0.1) is 0 Å². The van der Waals surface area contributed by atoms with Gasteiger partial charge in [0.1, 0.15) is 6.04 Å². The highest BCUT2D eigenvalue weighted by atomic mass is 35.5. The molecule has 0 aliphatic heterocycles. The summed E-state index contributed by atoms with van der Waals surface area (Å²) in [5, 5.41) is 3.35. The van der Waals surface area contributed by atoms with Crippen LogP contribution in [0.25, 0.3) is 0 Å². The molecule has 3 aromatic carbocycles. The molecule has 5 nitrogen and oxygen atoms in total. The average molecular weight is 443 g/mol. The number of rotatable bonds is 8. The molecule has 30 heavy (non-hydrogen) atoms. The first-order valence-corrected chi connectivity index (χ1v) is 11.4. The van der Waals surface area contributed by atoms with Gasteiger partial charge in [-0.05, 0) is 48.7 Å². The van der Waals surface area contributed by atoms with E-state index in [0.29, 0.717) is 5.02 Å². The van der Waals surface area contributed by atoms with Gasteiger partial charge in [0.25, 0.3) is 0 Å². The van der Waals surface area contributed by atoms with Crippen molar-refractivity contribution >= 4 is 27.5 Å². The van der Waals surface area contributed by atoms with Crippen LogP contribution in [0.3, 0.4) is 0 Å². The third-order valence-electron chi connectivity index (χ3n) is 4.68. The molecule has 0 saturated carbocycles. The Balaban J connectivity index is 1.82. The van der Waals surface area contributed by atoms with Crippen LogP contribution in [-0.4, -0.2) is 20.4 Å². The molecular weight excluding hydrogens is 420 g/mol. The molecule has 0 spiro atoms. The number of hydrogen-bond donors (Lipinski definition) is 2. The number of nitrogens with one attached hydrogen (secondary N) is 2. The van der Waals surface area contributed by atoms with Crippen molar-refractivity contribution in [2.45, 2.75) is 30.3 Å². The summed E-state index contributed by atoms with van der Waals surface area (Å²) in [5.74, 6) is -0.396. The van der Waals surface area contributed by atoms with E-state index < -0.39 is 22.0 Å². The normalized spacial score (nSPS) is 13.4. The van der Waals surface area contributed by atoms with Crippen LogP contribution in [0.1, 0.15) is 24.1 Å². The lowest BCUT2D eigenvalue weighted by atomic mass is 10.0. The zero-order chi connectivity index (χ0) is 21.6. The van der Waals surface area contributed by atoms with Crippen molar-refractivity contribution in [3.05, 3.63) is 101 Å². The van der Waals surface area contributed by atoms with E-state index in [4.69, 9.17) is 11.6 Å². The summed E-state index contributed by atoms with van der Waals surface area (Å²) in [6.07, 6.45) is 0.223. The maximum atomic E-state index is 13.0. The molecule has 0 heterocycles. The fourth-order valence-electron chi connectivity index (χ4n) is 3.05. The lowest BCUT2D eigenvalue weighted by Crippen LogP contribution is -2.48. The van der Waals surface area contributed by atoms with Crippen molar-refractivity contribution in [1.29, 1.82) is 0 Å². The Hall–Kier alpha value is -2.67. The zero-order valence-electron chi connectivity index (χ0n) is 16.5. The minimum atomic E-state index is -3.91. The second-order valence-electron chi connectivity index (χ2n) is 6.96. The van der Waals surface area contributed by atoms with E-state index in [1.807, 2.05) is 67.6 Å². The summed E-state index contributed by atoms with van der Waals surface area (Å²) >= 11 is 5.86. The second kappa shape index (κ2) is 9.89. The highest BCUT2D eigenvalue weighted by Crippen LogP contribution is 2.16. The molecule has 1 amide bonds. The first-order valence-electron chi connectivity index (χ1n) is 9.52. The summed E-state index contributed by atoms with van der Waals surface area (Å²) in [7, 11) is -3.91. The van der Waals surface area contributed by atoms with Crippen LogP contribution in [0, 0.1) is 0 Å².